The molecule has 1 aliphatic rings. The Kier molecular flexibility index (Phi) is 6.84. The van der Waals surface area contributed by atoms with E-state index < -0.39 is 6.61 Å². The predicted molar refractivity (Wildman–Crippen MR) is 77.9 cm³/mol. The summed E-state index contributed by atoms with van der Waals surface area (Å²) in [5.41, 5.74) is 0.853. The van der Waals surface area contributed by atoms with Crippen LogP contribution in [0.25, 0.3) is 0 Å². The molecule has 1 fully saturated rings. The molecule has 2 N–H and O–H groups in total. The molecule has 118 valence electrons. The lowest BCUT2D eigenvalue weighted by Crippen LogP contribution is -2.33. The van der Waals surface area contributed by atoms with Crippen molar-refractivity contribution in [3.63, 3.8) is 0 Å². The van der Waals surface area contributed by atoms with Gasteiger partial charge in [-0.25, -0.2) is 0 Å². The zero-order valence-corrected chi connectivity index (χ0v) is 12.5. The maximum Gasteiger partial charge on any atom is 0.387 e. The smallest absolute Gasteiger partial charge is 0.387 e. The first-order valence-electron chi connectivity index (χ1n) is 6.62. The minimum atomic E-state index is -2.83. The third kappa shape index (κ3) is 5.13. The quantitative estimate of drug-likeness (QED) is 0.876. The van der Waals surface area contributed by atoms with Crippen LogP contribution in [0.15, 0.2) is 24.3 Å². The SMILES string of the molecule is CC(NC(=O)C1CCNC1)c1ccc(OC(F)F)cc1.Cl. The van der Waals surface area contributed by atoms with Crippen LogP contribution in [0.2, 0.25) is 0 Å². The summed E-state index contributed by atoms with van der Waals surface area (Å²) in [6.07, 6.45) is 0.847. The topological polar surface area (TPSA) is 50.4 Å². The van der Waals surface area contributed by atoms with E-state index in [2.05, 4.69) is 15.4 Å². The molecule has 0 radical (unpaired) electrons. The van der Waals surface area contributed by atoms with E-state index in [1.165, 1.54) is 12.1 Å². The van der Waals surface area contributed by atoms with Gasteiger partial charge in [0.1, 0.15) is 5.75 Å². The summed E-state index contributed by atoms with van der Waals surface area (Å²) in [6, 6.07) is 6.14. The molecule has 0 aliphatic carbocycles. The fraction of sp³-hybridized carbons (Fsp3) is 0.500. The number of benzene rings is 1. The van der Waals surface area contributed by atoms with Gasteiger partial charge < -0.3 is 15.4 Å². The number of ether oxygens (including phenoxy) is 1. The third-order valence-corrected chi connectivity index (χ3v) is 3.40. The number of nitrogens with one attached hydrogen (secondary N) is 2. The van der Waals surface area contributed by atoms with E-state index in [0.717, 1.165) is 18.5 Å². The van der Waals surface area contributed by atoms with Gasteiger partial charge in [-0.3, -0.25) is 4.79 Å². The number of carbonyl (C=O) groups excluding carboxylic acids is 1. The van der Waals surface area contributed by atoms with Crippen LogP contribution in [0.3, 0.4) is 0 Å². The monoisotopic (exact) mass is 320 g/mol. The van der Waals surface area contributed by atoms with Crippen molar-refractivity contribution >= 4 is 18.3 Å². The van der Waals surface area contributed by atoms with Gasteiger partial charge in [-0.2, -0.15) is 8.78 Å². The summed E-state index contributed by atoms with van der Waals surface area (Å²) in [7, 11) is 0. The standard InChI is InChI=1S/C14H18F2N2O2.ClH/c1-9(18-13(19)11-6-7-17-8-11)10-2-4-12(5-3-10)20-14(15)16;/h2-5,9,11,14,17H,6-8H2,1H3,(H,18,19);1H. The first-order valence-corrected chi connectivity index (χ1v) is 6.62. The molecule has 2 unspecified atom stereocenters. The number of carbonyl (C=O) groups is 1. The Balaban J connectivity index is 0.00000220. The van der Waals surface area contributed by atoms with Crippen molar-refractivity contribution in [3.05, 3.63) is 29.8 Å². The van der Waals surface area contributed by atoms with Crippen molar-refractivity contribution in [2.24, 2.45) is 5.92 Å². The summed E-state index contributed by atoms with van der Waals surface area (Å²) in [4.78, 5) is 12.0. The molecule has 1 amide bonds. The molecular formula is C14H19ClF2N2O2. The lowest BCUT2D eigenvalue weighted by atomic mass is 10.1. The van der Waals surface area contributed by atoms with E-state index in [1.807, 2.05) is 6.92 Å². The third-order valence-electron chi connectivity index (χ3n) is 3.40. The summed E-state index contributed by atoms with van der Waals surface area (Å²) in [5, 5.41) is 6.07. The van der Waals surface area contributed by atoms with Crippen molar-refractivity contribution < 1.29 is 18.3 Å². The lowest BCUT2D eigenvalue weighted by Gasteiger charge is -2.17. The van der Waals surface area contributed by atoms with Crippen LogP contribution < -0.4 is 15.4 Å². The minimum Gasteiger partial charge on any atom is -0.435 e. The Morgan fingerprint density at radius 3 is 2.57 bits per heavy atom. The van der Waals surface area contributed by atoms with Gasteiger partial charge in [-0.15, -0.1) is 12.4 Å². The van der Waals surface area contributed by atoms with Gasteiger partial charge in [0.2, 0.25) is 5.91 Å². The van der Waals surface area contributed by atoms with E-state index in [1.54, 1.807) is 12.1 Å². The number of amides is 1. The Bertz CT molecular complexity index is 451. The van der Waals surface area contributed by atoms with E-state index in [9.17, 15) is 13.6 Å². The highest BCUT2D eigenvalue weighted by Gasteiger charge is 2.23. The van der Waals surface area contributed by atoms with Gasteiger partial charge in [0, 0.05) is 6.54 Å². The molecule has 0 spiro atoms. The molecule has 0 saturated carbocycles. The largest absolute Gasteiger partial charge is 0.435 e. The van der Waals surface area contributed by atoms with Gasteiger partial charge in [0.25, 0.3) is 0 Å². The molecule has 4 nitrogen and oxygen atoms in total. The summed E-state index contributed by atoms with van der Waals surface area (Å²) in [5.74, 6) is 0.150. The maximum atomic E-state index is 12.0. The van der Waals surface area contributed by atoms with Crippen LogP contribution in [0.5, 0.6) is 5.75 Å². The molecular weight excluding hydrogens is 302 g/mol. The molecule has 1 heterocycles. The Morgan fingerprint density at radius 1 is 1.38 bits per heavy atom. The van der Waals surface area contributed by atoms with Gasteiger partial charge in [0.15, 0.2) is 0 Å². The second-order valence-electron chi connectivity index (χ2n) is 4.87. The van der Waals surface area contributed by atoms with Crippen molar-refractivity contribution in [2.45, 2.75) is 26.0 Å². The average Bonchev–Trinajstić information content (AvgIpc) is 2.92. The van der Waals surface area contributed by atoms with Crippen molar-refractivity contribution in [1.82, 2.24) is 10.6 Å². The summed E-state index contributed by atoms with van der Waals surface area (Å²) in [6.45, 7) is 0.614. The van der Waals surface area contributed by atoms with Crippen LogP contribution >= 0.6 is 12.4 Å². The molecule has 1 aliphatic heterocycles. The van der Waals surface area contributed by atoms with E-state index in [-0.39, 0.29) is 36.0 Å². The van der Waals surface area contributed by atoms with Crippen molar-refractivity contribution in [2.75, 3.05) is 13.1 Å². The number of rotatable bonds is 5. The molecule has 1 aromatic rings. The molecule has 0 bridgehead atoms. The zero-order chi connectivity index (χ0) is 14.5. The lowest BCUT2D eigenvalue weighted by molar-refractivity contribution is -0.125. The predicted octanol–water partition coefficient (Wildman–Crippen LogP) is 2.50. The van der Waals surface area contributed by atoms with Gasteiger partial charge in [0.05, 0.1) is 12.0 Å². The van der Waals surface area contributed by atoms with Crippen LogP contribution in [0.4, 0.5) is 8.78 Å². The fourth-order valence-corrected chi connectivity index (χ4v) is 2.23. The second kappa shape index (κ2) is 8.14. The van der Waals surface area contributed by atoms with Crippen LogP contribution in [0.1, 0.15) is 24.9 Å². The highest BCUT2D eigenvalue weighted by Crippen LogP contribution is 2.20. The zero-order valence-electron chi connectivity index (χ0n) is 11.6. The average molecular weight is 321 g/mol. The number of hydrogen-bond donors (Lipinski definition) is 2. The van der Waals surface area contributed by atoms with Crippen molar-refractivity contribution in [3.8, 4) is 5.75 Å². The maximum absolute atomic E-state index is 12.0. The highest BCUT2D eigenvalue weighted by molar-refractivity contribution is 5.85. The highest BCUT2D eigenvalue weighted by atomic mass is 35.5. The van der Waals surface area contributed by atoms with Gasteiger partial charge in [-0.05, 0) is 37.6 Å². The van der Waals surface area contributed by atoms with Gasteiger partial charge >= 0.3 is 6.61 Å². The number of alkyl halides is 2. The Morgan fingerprint density at radius 2 is 2.05 bits per heavy atom. The van der Waals surface area contributed by atoms with E-state index in [4.69, 9.17) is 0 Å². The van der Waals surface area contributed by atoms with Crippen LogP contribution in [0, 0.1) is 5.92 Å². The first-order chi connectivity index (χ1) is 9.56. The number of hydrogen-bond acceptors (Lipinski definition) is 3. The summed E-state index contributed by atoms with van der Waals surface area (Å²) < 4.78 is 28.4. The fourth-order valence-electron chi connectivity index (χ4n) is 2.23. The van der Waals surface area contributed by atoms with E-state index >= 15 is 0 Å². The molecule has 2 rings (SSSR count). The molecule has 0 aromatic heterocycles. The summed E-state index contributed by atoms with van der Waals surface area (Å²) >= 11 is 0. The molecule has 7 heteroatoms. The van der Waals surface area contributed by atoms with Gasteiger partial charge in [-0.1, -0.05) is 12.1 Å². The number of halogens is 3. The molecule has 2 atom stereocenters. The molecule has 1 aromatic carbocycles. The first kappa shape index (κ1) is 17.7. The van der Waals surface area contributed by atoms with Crippen LogP contribution in [-0.2, 0) is 4.79 Å². The minimum absolute atomic E-state index is 0. The normalized spacial score (nSPS) is 19.0. The molecule has 1 saturated heterocycles. The molecule has 21 heavy (non-hydrogen) atoms. The van der Waals surface area contributed by atoms with Crippen LogP contribution in [-0.4, -0.2) is 25.6 Å². The Hall–Kier alpha value is -1.40. The van der Waals surface area contributed by atoms with E-state index in [0.29, 0.717) is 6.54 Å². The Labute approximate surface area is 128 Å². The second-order valence-corrected chi connectivity index (χ2v) is 4.87. The van der Waals surface area contributed by atoms with Crippen molar-refractivity contribution in [1.29, 1.82) is 0 Å².